The maximum Gasteiger partial charge on any atom is 0.0554 e. The fourth-order valence-electron chi connectivity index (χ4n) is 5.55. The van der Waals surface area contributed by atoms with Gasteiger partial charge in [-0.2, -0.15) is 0 Å². The molecule has 1 aromatic heterocycles. The van der Waals surface area contributed by atoms with Gasteiger partial charge in [-0.05, 0) is 58.0 Å². The highest BCUT2D eigenvalue weighted by Gasteiger charge is 2.20. The van der Waals surface area contributed by atoms with E-state index in [1.807, 2.05) is 11.3 Å². The summed E-state index contributed by atoms with van der Waals surface area (Å²) in [6, 6.07) is 44.4. The first kappa shape index (κ1) is 22.1. The van der Waals surface area contributed by atoms with E-state index in [1.165, 1.54) is 58.7 Å². The lowest BCUT2D eigenvalue weighted by Gasteiger charge is -2.27. The molecule has 1 heterocycles. The van der Waals surface area contributed by atoms with Crippen LogP contribution in [0.4, 0.5) is 17.1 Å². The van der Waals surface area contributed by atoms with Gasteiger partial charge in [0, 0.05) is 36.9 Å². The summed E-state index contributed by atoms with van der Waals surface area (Å²) in [4.78, 5) is 2.41. The Bertz CT molecular complexity index is 1900. The van der Waals surface area contributed by atoms with E-state index in [2.05, 4.69) is 140 Å². The molecule has 0 aliphatic carbocycles. The lowest BCUT2D eigenvalue weighted by atomic mass is 9.99. The predicted octanol–water partition coefficient (Wildman–Crippen LogP) is 11.0. The number of hydrogen-bond donors (Lipinski definition) is 0. The van der Waals surface area contributed by atoms with Gasteiger partial charge in [-0.1, -0.05) is 105 Å². The van der Waals surface area contributed by atoms with Gasteiger partial charge in [-0.3, -0.25) is 0 Å². The highest BCUT2D eigenvalue weighted by atomic mass is 32.1. The van der Waals surface area contributed by atoms with E-state index in [4.69, 9.17) is 0 Å². The number of rotatable bonds is 4. The number of nitrogens with zero attached hydrogens (tertiary/aromatic N) is 1. The standard InChI is InChI=1S/C35H27NS/c1-23(2)24-16-19-27(20-17-24)36(26-11-4-3-5-12-26)32-22-33-34(30-15-9-8-14-29(30)32)31-21-18-25-10-6-7-13-28(25)35(31)37-33/h3-23H,1-2H3. The first-order valence-corrected chi connectivity index (χ1v) is 13.7. The smallest absolute Gasteiger partial charge is 0.0554 e. The second-order valence-corrected chi connectivity index (χ2v) is 11.0. The molecule has 0 bridgehead atoms. The summed E-state index contributed by atoms with van der Waals surface area (Å²) in [5, 5.41) is 7.89. The van der Waals surface area contributed by atoms with Gasteiger partial charge in [-0.25, -0.2) is 0 Å². The Balaban J connectivity index is 1.56. The van der Waals surface area contributed by atoms with Crippen molar-refractivity contribution in [2.75, 3.05) is 4.90 Å². The van der Waals surface area contributed by atoms with Crippen LogP contribution in [0.2, 0.25) is 0 Å². The highest BCUT2D eigenvalue weighted by Crippen LogP contribution is 2.47. The maximum absolute atomic E-state index is 2.41. The molecule has 7 aromatic rings. The van der Waals surface area contributed by atoms with Crippen molar-refractivity contribution in [1.29, 1.82) is 0 Å². The molecule has 37 heavy (non-hydrogen) atoms. The van der Waals surface area contributed by atoms with E-state index in [0.717, 1.165) is 5.69 Å². The quantitative estimate of drug-likeness (QED) is 0.236. The number of fused-ring (bicyclic) bond motifs is 7. The minimum Gasteiger partial charge on any atom is -0.310 e. The Morgan fingerprint density at radius 2 is 1.22 bits per heavy atom. The van der Waals surface area contributed by atoms with E-state index in [-0.39, 0.29) is 0 Å². The van der Waals surface area contributed by atoms with Gasteiger partial charge >= 0.3 is 0 Å². The van der Waals surface area contributed by atoms with Crippen LogP contribution < -0.4 is 4.90 Å². The van der Waals surface area contributed by atoms with Crippen LogP contribution in [-0.2, 0) is 0 Å². The monoisotopic (exact) mass is 493 g/mol. The van der Waals surface area contributed by atoms with Crippen molar-refractivity contribution >= 4 is 70.1 Å². The Labute approximate surface area is 221 Å². The zero-order chi connectivity index (χ0) is 24.9. The first-order chi connectivity index (χ1) is 18.2. The van der Waals surface area contributed by atoms with Crippen molar-refractivity contribution < 1.29 is 0 Å². The molecule has 0 amide bonds. The van der Waals surface area contributed by atoms with Gasteiger partial charge < -0.3 is 4.90 Å². The third kappa shape index (κ3) is 3.60. The van der Waals surface area contributed by atoms with Crippen molar-refractivity contribution in [2.24, 2.45) is 0 Å². The molecular formula is C35H27NS. The molecule has 7 rings (SSSR count). The lowest BCUT2D eigenvalue weighted by molar-refractivity contribution is 0.866. The Morgan fingerprint density at radius 1 is 0.568 bits per heavy atom. The summed E-state index contributed by atoms with van der Waals surface area (Å²) in [5.74, 6) is 0.504. The lowest BCUT2D eigenvalue weighted by Crippen LogP contribution is -2.10. The minimum absolute atomic E-state index is 0.504. The van der Waals surface area contributed by atoms with Crippen molar-refractivity contribution in [1.82, 2.24) is 0 Å². The van der Waals surface area contributed by atoms with Crippen LogP contribution in [0.25, 0.3) is 41.7 Å². The van der Waals surface area contributed by atoms with E-state index in [9.17, 15) is 0 Å². The van der Waals surface area contributed by atoms with Crippen molar-refractivity contribution in [3.8, 4) is 0 Å². The summed E-state index contributed by atoms with van der Waals surface area (Å²) in [7, 11) is 0. The minimum atomic E-state index is 0.504. The van der Waals surface area contributed by atoms with Crippen LogP contribution in [-0.4, -0.2) is 0 Å². The molecule has 0 aliphatic heterocycles. The maximum atomic E-state index is 2.41. The zero-order valence-electron chi connectivity index (χ0n) is 21.0. The van der Waals surface area contributed by atoms with Crippen LogP contribution in [0.1, 0.15) is 25.3 Å². The number of benzene rings is 6. The van der Waals surface area contributed by atoms with Crippen molar-refractivity contribution in [3.05, 3.63) is 127 Å². The fraction of sp³-hybridized carbons (Fsp3) is 0.0857. The SMILES string of the molecule is CC(C)c1ccc(N(c2ccccc2)c2cc3sc4c5ccccc5ccc4c3c3ccccc23)cc1. The number of anilines is 3. The molecule has 0 atom stereocenters. The second kappa shape index (κ2) is 8.76. The molecule has 0 aliphatic rings. The summed E-state index contributed by atoms with van der Waals surface area (Å²) in [6.45, 7) is 4.49. The molecule has 0 radical (unpaired) electrons. The molecule has 0 spiro atoms. The van der Waals surface area contributed by atoms with Gasteiger partial charge in [0.25, 0.3) is 0 Å². The third-order valence-electron chi connectivity index (χ3n) is 7.42. The molecule has 0 fully saturated rings. The third-order valence-corrected chi connectivity index (χ3v) is 8.61. The van der Waals surface area contributed by atoms with Gasteiger partial charge in [-0.15, -0.1) is 11.3 Å². The Morgan fingerprint density at radius 3 is 1.97 bits per heavy atom. The van der Waals surface area contributed by atoms with Crippen LogP contribution in [0.5, 0.6) is 0 Å². The average molecular weight is 494 g/mol. The highest BCUT2D eigenvalue weighted by molar-refractivity contribution is 7.27. The van der Waals surface area contributed by atoms with Crippen molar-refractivity contribution in [2.45, 2.75) is 19.8 Å². The molecule has 0 saturated carbocycles. The van der Waals surface area contributed by atoms with Crippen LogP contribution in [0.15, 0.2) is 121 Å². The van der Waals surface area contributed by atoms with Gasteiger partial charge in [0.15, 0.2) is 0 Å². The summed E-state index contributed by atoms with van der Waals surface area (Å²) >= 11 is 1.91. The normalized spacial score (nSPS) is 11.8. The van der Waals surface area contributed by atoms with Gasteiger partial charge in [0.05, 0.1) is 5.69 Å². The molecular weight excluding hydrogens is 466 g/mol. The number of thiophene rings is 1. The summed E-state index contributed by atoms with van der Waals surface area (Å²) in [6.07, 6.45) is 0. The van der Waals surface area contributed by atoms with Crippen molar-refractivity contribution in [3.63, 3.8) is 0 Å². The summed E-state index contributed by atoms with van der Waals surface area (Å²) in [5.41, 5.74) is 4.90. The Kier molecular flexibility index (Phi) is 5.23. The largest absolute Gasteiger partial charge is 0.310 e. The zero-order valence-corrected chi connectivity index (χ0v) is 21.8. The average Bonchev–Trinajstić information content (AvgIpc) is 3.33. The fourth-order valence-corrected chi connectivity index (χ4v) is 6.84. The molecule has 6 aromatic carbocycles. The van der Waals surface area contributed by atoms with Gasteiger partial charge in [0.2, 0.25) is 0 Å². The first-order valence-electron chi connectivity index (χ1n) is 12.9. The molecule has 178 valence electrons. The van der Waals surface area contributed by atoms with Crippen LogP contribution in [0, 0.1) is 0 Å². The Hall–Kier alpha value is -4.14. The van der Waals surface area contributed by atoms with Crippen LogP contribution in [0.3, 0.4) is 0 Å². The molecule has 0 saturated heterocycles. The molecule has 1 nitrogen and oxygen atoms in total. The van der Waals surface area contributed by atoms with E-state index in [0.29, 0.717) is 5.92 Å². The molecule has 0 N–H and O–H groups in total. The van der Waals surface area contributed by atoms with E-state index < -0.39 is 0 Å². The topological polar surface area (TPSA) is 3.24 Å². The number of para-hydroxylation sites is 1. The van der Waals surface area contributed by atoms with E-state index >= 15 is 0 Å². The number of hydrogen-bond acceptors (Lipinski definition) is 2. The molecule has 2 heteroatoms. The second-order valence-electron chi connectivity index (χ2n) is 10.00. The molecule has 0 unspecified atom stereocenters. The van der Waals surface area contributed by atoms with E-state index in [1.54, 1.807) is 0 Å². The van der Waals surface area contributed by atoms with Crippen LogP contribution >= 0.6 is 11.3 Å². The summed E-state index contributed by atoms with van der Waals surface area (Å²) < 4.78 is 2.68. The van der Waals surface area contributed by atoms with Gasteiger partial charge in [0.1, 0.15) is 0 Å². The predicted molar refractivity (Wildman–Crippen MR) is 163 cm³/mol.